The van der Waals surface area contributed by atoms with E-state index in [0.29, 0.717) is 12.6 Å². The highest BCUT2D eigenvalue weighted by Crippen LogP contribution is 2.30. The zero-order valence-electron chi connectivity index (χ0n) is 16.3. The van der Waals surface area contributed by atoms with Crippen molar-refractivity contribution in [1.82, 2.24) is 15.3 Å². The van der Waals surface area contributed by atoms with Crippen LogP contribution in [0.3, 0.4) is 0 Å². The highest BCUT2D eigenvalue weighted by Gasteiger charge is 2.21. The minimum atomic E-state index is -0.259. The molecule has 0 spiro atoms. The molecule has 148 valence electrons. The molecule has 1 aliphatic heterocycles. The van der Waals surface area contributed by atoms with Gasteiger partial charge in [-0.1, -0.05) is 24.3 Å². The molecule has 1 aromatic heterocycles. The molecule has 0 aliphatic carbocycles. The quantitative estimate of drug-likeness (QED) is 0.409. The molecule has 1 atom stereocenters. The zero-order valence-corrected chi connectivity index (χ0v) is 16.3. The number of allylic oxidation sites excluding steroid dienone is 1. The van der Waals surface area contributed by atoms with E-state index in [0.717, 1.165) is 43.5 Å². The lowest BCUT2D eigenvalue weighted by Crippen LogP contribution is -2.24. The summed E-state index contributed by atoms with van der Waals surface area (Å²) in [5.41, 5.74) is 4.57. The second kappa shape index (κ2) is 9.99. The van der Waals surface area contributed by atoms with Crippen molar-refractivity contribution >= 4 is 5.97 Å². The van der Waals surface area contributed by atoms with E-state index in [2.05, 4.69) is 40.1 Å². The Labute approximate surface area is 166 Å². The Hall–Kier alpha value is -2.73. The summed E-state index contributed by atoms with van der Waals surface area (Å²) in [5.74, 6) is -0.417. The number of benzene rings is 1. The second-order valence-electron chi connectivity index (χ2n) is 6.87. The molecule has 1 unspecified atom stereocenters. The molecule has 0 radical (unpaired) electrons. The molecule has 2 aromatic rings. The number of methoxy groups -OCH3 is 1. The molecular weight excluding hydrogens is 354 g/mol. The van der Waals surface area contributed by atoms with Gasteiger partial charge < -0.3 is 14.8 Å². The number of esters is 1. The SMILES string of the molecule is C=CCCCOc1ncc(C(CC(=O)OC)c2ccc3c(c2)CNCC3)cn1. The number of aromatic nitrogens is 2. The highest BCUT2D eigenvalue weighted by molar-refractivity contribution is 5.71. The number of hydrogen-bond donors (Lipinski definition) is 1. The van der Waals surface area contributed by atoms with Crippen LogP contribution in [0.2, 0.25) is 0 Å². The van der Waals surface area contributed by atoms with Gasteiger partial charge in [0.05, 0.1) is 20.1 Å². The minimum absolute atomic E-state index is 0.158. The van der Waals surface area contributed by atoms with Gasteiger partial charge in [0.1, 0.15) is 0 Å². The maximum absolute atomic E-state index is 12.0. The zero-order chi connectivity index (χ0) is 19.8. The van der Waals surface area contributed by atoms with Gasteiger partial charge >= 0.3 is 12.0 Å². The third-order valence-electron chi connectivity index (χ3n) is 4.95. The lowest BCUT2D eigenvalue weighted by atomic mass is 9.87. The molecule has 1 aromatic carbocycles. The number of carbonyl (C=O) groups is 1. The van der Waals surface area contributed by atoms with Gasteiger partial charge in [-0.15, -0.1) is 6.58 Å². The van der Waals surface area contributed by atoms with Crippen LogP contribution in [0.25, 0.3) is 0 Å². The van der Waals surface area contributed by atoms with Gasteiger partial charge in [-0.25, -0.2) is 9.97 Å². The number of hydrogen-bond acceptors (Lipinski definition) is 6. The second-order valence-corrected chi connectivity index (χ2v) is 6.87. The monoisotopic (exact) mass is 381 g/mol. The summed E-state index contributed by atoms with van der Waals surface area (Å²) in [5, 5.41) is 3.40. The van der Waals surface area contributed by atoms with Gasteiger partial charge in [-0.05, 0) is 48.1 Å². The van der Waals surface area contributed by atoms with Crippen molar-refractivity contribution < 1.29 is 14.3 Å². The predicted molar refractivity (Wildman–Crippen MR) is 107 cm³/mol. The number of nitrogens with one attached hydrogen (secondary N) is 1. The van der Waals surface area contributed by atoms with Crippen LogP contribution in [0, 0.1) is 0 Å². The van der Waals surface area contributed by atoms with Gasteiger partial charge in [-0.3, -0.25) is 4.79 Å². The van der Waals surface area contributed by atoms with Crippen molar-refractivity contribution in [2.45, 2.75) is 38.1 Å². The summed E-state index contributed by atoms with van der Waals surface area (Å²) in [6.45, 7) is 6.09. The van der Waals surface area contributed by atoms with E-state index < -0.39 is 0 Å². The molecule has 28 heavy (non-hydrogen) atoms. The third-order valence-corrected chi connectivity index (χ3v) is 4.95. The molecule has 0 saturated carbocycles. The smallest absolute Gasteiger partial charge is 0.316 e. The molecule has 0 saturated heterocycles. The Morgan fingerprint density at radius 2 is 2.11 bits per heavy atom. The lowest BCUT2D eigenvalue weighted by Gasteiger charge is -2.21. The van der Waals surface area contributed by atoms with Crippen LogP contribution in [0.1, 0.15) is 47.4 Å². The maximum atomic E-state index is 12.0. The van der Waals surface area contributed by atoms with E-state index in [1.165, 1.54) is 18.2 Å². The first-order chi connectivity index (χ1) is 13.7. The Balaban J connectivity index is 1.80. The van der Waals surface area contributed by atoms with E-state index in [9.17, 15) is 4.79 Å². The molecule has 2 heterocycles. The standard InChI is InChI=1S/C22H27N3O3/c1-3-4-5-10-28-22-24-14-19(15-25-22)20(12-21(26)27-2)17-7-6-16-8-9-23-13-18(16)11-17/h3,6-7,11,14-15,20,23H,1,4-5,8-10,12-13H2,2H3. The molecule has 3 rings (SSSR count). The van der Waals surface area contributed by atoms with Gasteiger partial charge in [0.15, 0.2) is 0 Å². The number of carbonyl (C=O) groups excluding carboxylic acids is 1. The van der Waals surface area contributed by atoms with E-state index in [4.69, 9.17) is 9.47 Å². The van der Waals surface area contributed by atoms with Crippen LogP contribution in [-0.4, -0.2) is 36.2 Å². The van der Waals surface area contributed by atoms with Crippen LogP contribution >= 0.6 is 0 Å². The predicted octanol–water partition coefficient (Wildman–Crippen LogP) is 3.16. The molecule has 6 nitrogen and oxygen atoms in total. The summed E-state index contributed by atoms with van der Waals surface area (Å²) in [4.78, 5) is 20.7. The normalized spacial score (nSPS) is 14.0. The molecule has 0 fully saturated rings. The average molecular weight is 381 g/mol. The fourth-order valence-electron chi connectivity index (χ4n) is 3.37. The first kappa shape index (κ1) is 20.0. The fraction of sp³-hybridized carbons (Fsp3) is 0.409. The minimum Gasteiger partial charge on any atom is -0.469 e. The number of nitrogens with zero attached hydrogens (tertiary/aromatic N) is 2. The molecule has 0 bridgehead atoms. The first-order valence-electron chi connectivity index (χ1n) is 9.66. The summed E-state index contributed by atoms with van der Waals surface area (Å²) in [7, 11) is 1.41. The van der Waals surface area contributed by atoms with Crippen LogP contribution < -0.4 is 10.1 Å². The summed E-state index contributed by atoms with van der Waals surface area (Å²) in [6, 6.07) is 6.78. The molecule has 6 heteroatoms. The van der Waals surface area contributed by atoms with Gasteiger partial charge in [0, 0.05) is 24.9 Å². The van der Waals surface area contributed by atoms with E-state index in [1.807, 2.05) is 6.08 Å². The number of fused-ring (bicyclic) bond motifs is 1. The Kier molecular flexibility index (Phi) is 7.14. The van der Waals surface area contributed by atoms with Crippen molar-refractivity contribution in [2.24, 2.45) is 0 Å². The van der Waals surface area contributed by atoms with Crippen LogP contribution in [-0.2, 0) is 22.5 Å². The Morgan fingerprint density at radius 3 is 2.86 bits per heavy atom. The van der Waals surface area contributed by atoms with Gasteiger partial charge in [0.25, 0.3) is 0 Å². The topological polar surface area (TPSA) is 73.3 Å². The fourth-order valence-corrected chi connectivity index (χ4v) is 3.37. The van der Waals surface area contributed by atoms with Crippen molar-refractivity contribution in [1.29, 1.82) is 0 Å². The summed E-state index contributed by atoms with van der Waals surface area (Å²) in [6.07, 6.45) is 8.38. The number of ether oxygens (including phenoxy) is 2. The van der Waals surface area contributed by atoms with Gasteiger partial charge in [-0.2, -0.15) is 0 Å². The van der Waals surface area contributed by atoms with Crippen molar-refractivity contribution in [3.63, 3.8) is 0 Å². The first-order valence-corrected chi connectivity index (χ1v) is 9.66. The molecule has 1 aliphatic rings. The van der Waals surface area contributed by atoms with Crippen LogP contribution in [0.15, 0.2) is 43.2 Å². The third kappa shape index (κ3) is 5.16. The Bertz CT molecular complexity index is 805. The average Bonchev–Trinajstić information content (AvgIpc) is 2.75. The number of rotatable bonds is 9. The van der Waals surface area contributed by atoms with E-state index in [1.54, 1.807) is 12.4 Å². The van der Waals surface area contributed by atoms with Crippen molar-refractivity contribution in [3.05, 3.63) is 65.5 Å². The van der Waals surface area contributed by atoms with Crippen molar-refractivity contribution in [3.8, 4) is 6.01 Å². The Morgan fingerprint density at radius 1 is 1.29 bits per heavy atom. The molecule has 1 N–H and O–H groups in total. The summed E-state index contributed by atoms with van der Waals surface area (Å²) >= 11 is 0. The van der Waals surface area contributed by atoms with Crippen molar-refractivity contribution in [2.75, 3.05) is 20.3 Å². The lowest BCUT2D eigenvalue weighted by molar-refractivity contribution is -0.140. The summed E-state index contributed by atoms with van der Waals surface area (Å²) < 4.78 is 10.5. The van der Waals surface area contributed by atoms with E-state index in [-0.39, 0.29) is 18.3 Å². The van der Waals surface area contributed by atoms with Crippen LogP contribution in [0.5, 0.6) is 6.01 Å². The molecular formula is C22H27N3O3. The number of unbranched alkanes of at least 4 members (excludes halogenated alkanes) is 1. The maximum Gasteiger partial charge on any atom is 0.316 e. The van der Waals surface area contributed by atoms with Gasteiger partial charge in [0.2, 0.25) is 0 Å². The molecule has 0 amide bonds. The van der Waals surface area contributed by atoms with E-state index >= 15 is 0 Å². The van der Waals surface area contributed by atoms with Crippen LogP contribution in [0.4, 0.5) is 0 Å². The largest absolute Gasteiger partial charge is 0.469 e. The highest BCUT2D eigenvalue weighted by atomic mass is 16.5.